The van der Waals surface area contributed by atoms with Crippen LogP contribution in [0.25, 0.3) is 0 Å². The molecule has 0 atom stereocenters. The number of amides is 2. The Kier molecular flexibility index (Phi) is 3.97. The first kappa shape index (κ1) is 12.9. The summed E-state index contributed by atoms with van der Waals surface area (Å²) in [6.07, 6.45) is 1.52. The number of nitrogens with zero attached hydrogens (tertiary/aromatic N) is 1. The summed E-state index contributed by atoms with van der Waals surface area (Å²) < 4.78 is 9.82. The van der Waals surface area contributed by atoms with Crippen LogP contribution in [0.15, 0.2) is 33.4 Å². The minimum absolute atomic E-state index is 0.0799. The lowest BCUT2D eigenvalue weighted by Crippen LogP contribution is -2.36. The summed E-state index contributed by atoms with van der Waals surface area (Å²) in [5, 5.41) is 8.62. The van der Waals surface area contributed by atoms with Crippen LogP contribution in [0.2, 0.25) is 0 Å². The van der Waals surface area contributed by atoms with E-state index in [9.17, 15) is 9.59 Å². The SMILES string of the molecule is Cc1cc(C(=O)NCC(=O)NCc2ccco2)on1. The van der Waals surface area contributed by atoms with E-state index in [4.69, 9.17) is 8.94 Å². The van der Waals surface area contributed by atoms with Crippen molar-refractivity contribution in [3.8, 4) is 0 Å². The van der Waals surface area contributed by atoms with Crippen molar-refractivity contribution >= 4 is 11.8 Å². The van der Waals surface area contributed by atoms with E-state index in [0.29, 0.717) is 11.5 Å². The second-order valence-electron chi connectivity index (χ2n) is 3.87. The van der Waals surface area contributed by atoms with Crippen molar-refractivity contribution in [1.82, 2.24) is 15.8 Å². The lowest BCUT2D eigenvalue weighted by atomic mass is 10.3. The first-order valence-electron chi connectivity index (χ1n) is 5.66. The van der Waals surface area contributed by atoms with E-state index in [0.717, 1.165) is 0 Å². The zero-order valence-corrected chi connectivity index (χ0v) is 10.3. The highest BCUT2D eigenvalue weighted by molar-refractivity contribution is 5.94. The summed E-state index contributed by atoms with van der Waals surface area (Å²) in [4.78, 5) is 23.0. The van der Waals surface area contributed by atoms with Gasteiger partial charge in [0.25, 0.3) is 5.91 Å². The van der Waals surface area contributed by atoms with E-state index in [-0.39, 0.29) is 24.8 Å². The van der Waals surface area contributed by atoms with Gasteiger partial charge in [0.2, 0.25) is 11.7 Å². The van der Waals surface area contributed by atoms with Crippen LogP contribution in [-0.4, -0.2) is 23.5 Å². The van der Waals surface area contributed by atoms with Crippen LogP contribution in [0, 0.1) is 6.92 Å². The smallest absolute Gasteiger partial charge is 0.290 e. The van der Waals surface area contributed by atoms with E-state index in [1.807, 2.05) is 0 Å². The molecule has 2 aromatic rings. The quantitative estimate of drug-likeness (QED) is 0.824. The van der Waals surface area contributed by atoms with Crippen molar-refractivity contribution in [3.05, 3.63) is 41.7 Å². The summed E-state index contributed by atoms with van der Waals surface area (Å²) in [6.45, 7) is 1.85. The highest BCUT2D eigenvalue weighted by Gasteiger charge is 2.12. The zero-order valence-electron chi connectivity index (χ0n) is 10.3. The number of nitrogens with one attached hydrogen (secondary N) is 2. The minimum atomic E-state index is -0.478. The molecule has 0 bridgehead atoms. The number of rotatable bonds is 5. The van der Waals surface area contributed by atoms with Crippen molar-refractivity contribution in [2.75, 3.05) is 6.54 Å². The fraction of sp³-hybridized carbons (Fsp3) is 0.250. The molecule has 0 saturated heterocycles. The van der Waals surface area contributed by atoms with Gasteiger partial charge >= 0.3 is 0 Å². The molecule has 7 heteroatoms. The molecular weight excluding hydrogens is 250 g/mol. The molecular formula is C12H13N3O4. The molecule has 2 amide bonds. The average Bonchev–Trinajstić information content (AvgIpc) is 3.04. The largest absolute Gasteiger partial charge is 0.467 e. The van der Waals surface area contributed by atoms with Gasteiger partial charge in [0.05, 0.1) is 25.0 Å². The molecule has 19 heavy (non-hydrogen) atoms. The molecule has 0 fully saturated rings. The van der Waals surface area contributed by atoms with Gasteiger partial charge < -0.3 is 19.6 Å². The highest BCUT2D eigenvalue weighted by Crippen LogP contribution is 2.01. The van der Waals surface area contributed by atoms with Crippen LogP contribution in [0.3, 0.4) is 0 Å². The monoisotopic (exact) mass is 263 g/mol. The number of aryl methyl sites for hydroxylation is 1. The second kappa shape index (κ2) is 5.85. The molecule has 0 aromatic carbocycles. The fourth-order valence-corrected chi connectivity index (χ4v) is 1.38. The van der Waals surface area contributed by atoms with Crippen LogP contribution in [0.4, 0.5) is 0 Å². The predicted octanol–water partition coefficient (Wildman–Crippen LogP) is 0.622. The van der Waals surface area contributed by atoms with Gasteiger partial charge in [-0.05, 0) is 19.1 Å². The van der Waals surface area contributed by atoms with Crippen LogP contribution in [0.5, 0.6) is 0 Å². The maximum absolute atomic E-state index is 11.6. The molecule has 2 heterocycles. The van der Waals surface area contributed by atoms with Crippen LogP contribution < -0.4 is 10.6 Å². The fourth-order valence-electron chi connectivity index (χ4n) is 1.38. The lowest BCUT2D eigenvalue weighted by Gasteiger charge is -2.03. The number of hydrogen-bond acceptors (Lipinski definition) is 5. The van der Waals surface area contributed by atoms with Crippen LogP contribution in [-0.2, 0) is 11.3 Å². The first-order valence-corrected chi connectivity index (χ1v) is 5.66. The maximum atomic E-state index is 11.6. The number of aromatic nitrogens is 1. The Hall–Kier alpha value is -2.57. The summed E-state index contributed by atoms with van der Waals surface area (Å²) in [5.74, 6) is -0.0726. The maximum Gasteiger partial charge on any atom is 0.290 e. The number of carbonyl (C=O) groups is 2. The highest BCUT2D eigenvalue weighted by atomic mass is 16.5. The Morgan fingerprint density at radius 3 is 2.84 bits per heavy atom. The van der Waals surface area contributed by atoms with Gasteiger partial charge in [0.15, 0.2) is 0 Å². The Labute approximate surface area is 108 Å². The van der Waals surface area contributed by atoms with Gasteiger partial charge in [0.1, 0.15) is 5.76 Å². The second-order valence-corrected chi connectivity index (χ2v) is 3.87. The van der Waals surface area contributed by atoms with Gasteiger partial charge in [-0.1, -0.05) is 5.16 Å². The molecule has 7 nitrogen and oxygen atoms in total. The van der Waals surface area contributed by atoms with Gasteiger partial charge in [-0.25, -0.2) is 0 Å². The zero-order chi connectivity index (χ0) is 13.7. The van der Waals surface area contributed by atoms with Crippen molar-refractivity contribution < 1.29 is 18.5 Å². The van der Waals surface area contributed by atoms with Crippen LogP contribution >= 0.6 is 0 Å². The molecule has 100 valence electrons. The van der Waals surface area contributed by atoms with Gasteiger partial charge in [-0.3, -0.25) is 9.59 Å². The molecule has 2 aromatic heterocycles. The normalized spacial score (nSPS) is 10.2. The van der Waals surface area contributed by atoms with E-state index >= 15 is 0 Å². The topological polar surface area (TPSA) is 97.4 Å². The van der Waals surface area contributed by atoms with Crippen molar-refractivity contribution in [3.63, 3.8) is 0 Å². The first-order chi connectivity index (χ1) is 9.15. The Morgan fingerprint density at radius 2 is 2.21 bits per heavy atom. The third-order valence-electron chi connectivity index (χ3n) is 2.30. The van der Waals surface area contributed by atoms with Crippen LogP contribution in [0.1, 0.15) is 22.0 Å². The number of furan rings is 1. The third-order valence-corrected chi connectivity index (χ3v) is 2.30. The summed E-state index contributed by atoms with van der Waals surface area (Å²) in [5.41, 5.74) is 0.604. The summed E-state index contributed by atoms with van der Waals surface area (Å²) >= 11 is 0. The summed E-state index contributed by atoms with van der Waals surface area (Å²) in [6, 6.07) is 4.97. The molecule has 2 rings (SSSR count). The average molecular weight is 263 g/mol. The van der Waals surface area contributed by atoms with E-state index < -0.39 is 5.91 Å². The Morgan fingerprint density at radius 1 is 1.37 bits per heavy atom. The van der Waals surface area contributed by atoms with Gasteiger partial charge in [-0.2, -0.15) is 0 Å². The summed E-state index contributed by atoms with van der Waals surface area (Å²) in [7, 11) is 0. The van der Waals surface area contributed by atoms with Crippen molar-refractivity contribution in [1.29, 1.82) is 0 Å². The van der Waals surface area contributed by atoms with E-state index in [1.165, 1.54) is 12.3 Å². The molecule has 0 aliphatic carbocycles. The van der Waals surface area contributed by atoms with Crippen molar-refractivity contribution in [2.24, 2.45) is 0 Å². The molecule has 0 aliphatic rings. The van der Waals surface area contributed by atoms with Gasteiger partial charge in [-0.15, -0.1) is 0 Å². The Balaban J connectivity index is 1.73. The molecule has 0 unspecified atom stereocenters. The van der Waals surface area contributed by atoms with E-state index in [1.54, 1.807) is 19.1 Å². The molecule has 0 radical (unpaired) electrons. The predicted molar refractivity (Wildman–Crippen MR) is 64.1 cm³/mol. The third kappa shape index (κ3) is 3.70. The molecule has 2 N–H and O–H groups in total. The van der Waals surface area contributed by atoms with E-state index in [2.05, 4.69) is 15.8 Å². The van der Waals surface area contributed by atoms with Crippen molar-refractivity contribution in [2.45, 2.75) is 13.5 Å². The minimum Gasteiger partial charge on any atom is -0.467 e. The Bertz CT molecular complexity index is 559. The number of carbonyl (C=O) groups excluding carboxylic acids is 2. The standard InChI is InChI=1S/C12H13N3O4/c1-8-5-10(19-15-8)12(17)14-7-11(16)13-6-9-3-2-4-18-9/h2-5H,6-7H2,1H3,(H,13,16)(H,14,17). The van der Waals surface area contributed by atoms with Gasteiger partial charge in [0, 0.05) is 6.07 Å². The molecule has 0 aliphatic heterocycles. The number of hydrogen-bond donors (Lipinski definition) is 2. The molecule has 0 spiro atoms. The molecule has 0 saturated carbocycles. The lowest BCUT2D eigenvalue weighted by molar-refractivity contribution is -0.120.